The number of nitrogens with zero attached hydrogens (tertiary/aromatic N) is 2. The standard InChI is InChI=1S/C40H36N2O4/c43-25-29-1-13-35(14-2-29)41(36-15-3-30(26-44)4-16-36)39-21-9-33(10-22-39)34-11-23-40(24-12-34)42(37-17-5-31(27-45)6-18-37)38-19-7-32(28-46)8-20-38/h1-24,43-46H,25-28H2. The van der Waals surface area contributed by atoms with Gasteiger partial charge in [-0.3, -0.25) is 0 Å². The smallest absolute Gasteiger partial charge is 0.0681 e. The lowest BCUT2D eigenvalue weighted by molar-refractivity contribution is 0.281. The van der Waals surface area contributed by atoms with Crippen LogP contribution in [0.15, 0.2) is 146 Å². The third-order valence-electron chi connectivity index (χ3n) is 8.09. The first-order chi connectivity index (χ1) is 22.6. The number of hydrogen-bond acceptors (Lipinski definition) is 6. The van der Waals surface area contributed by atoms with Crippen LogP contribution in [0, 0.1) is 0 Å². The van der Waals surface area contributed by atoms with Gasteiger partial charge in [0.1, 0.15) is 0 Å². The monoisotopic (exact) mass is 608 g/mol. The maximum Gasteiger partial charge on any atom is 0.0681 e. The van der Waals surface area contributed by atoms with Crippen LogP contribution in [0.5, 0.6) is 0 Å². The Balaban J connectivity index is 1.31. The summed E-state index contributed by atoms with van der Waals surface area (Å²) in [6, 6.07) is 48.2. The predicted molar refractivity (Wildman–Crippen MR) is 185 cm³/mol. The summed E-state index contributed by atoms with van der Waals surface area (Å²) in [6.07, 6.45) is 0. The highest BCUT2D eigenvalue weighted by Gasteiger charge is 2.15. The van der Waals surface area contributed by atoms with E-state index in [2.05, 4.69) is 58.3 Å². The first-order valence-electron chi connectivity index (χ1n) is 15.2. The van der Waals surface area contributed by atoms with Gasteiger partial charge in [-0.05, 0) is 106 Å². The van der Waals surface area contributed by atoms with Crippen LogP contribution in [0.4, 0.5) is 34.1 Å². The van der Waals surface area contributed by atoms with Gasteiger partial charge in [-0.2, -0.15) is 0 Å². The average Bonchev–Trinajstić information content (AvgIpc) is 3.13. The zero-order valence-corrected chi connectivity index (χ0v) is 25.4. The normalized spacial score (nSPS) is 11.0. The lowest BCUT2D eigenvalue weighted by Crippen LogP contribution is -2.10. The molecule has 0 spiro atoms. The molecule has 0 fully saturated rings. The number of benzene rings is 6. The fourth-order valence-corrected chi connectivity index (χ4v) is 5.50. The number of rotatable bonds is 11. The van der Waals surface area contributed by atoms with Crippen molar-refractivity contribution in [1.29, 1.82) is 0 Å². The van der Waals surface area contributed by atoms with Crippen LogP contribution in [0.2, 0.25) is 0 Å². The molecular formula is C40H36N2O4. The van der Waals surface area contributed by atoms with Crippen molar-refractivity contribution in [1.82, 2.24) is 0 Å². The van der Waals surface area contributed by atoms with E-state index in [1.165, 1.54) is 0 Å². The molecule has 46 heavy (non-hydrogen) atoms. The van der Waals surface area contributed by atoms with E-state index in [1.807, 2.05) is 97.1 Å². The number of aliphatic hydroxyl groups is 4. The van der Waals surface area contributed by atoms with E-state index in [0.29, 0.717) is 0 Å². The second-order valence-corrected chi connectivity index (χ2v) is 11.1. The Bertz CT molecular complexity index is 1600. The zero-order valence-electron chi connectivity index (χ0n) is 25.4. The second kappa shape index (κ2) is 14.2. The molecule has 0 amide bonds. The molecule has 0 saturated heterocycles. The second-order valence-electron chi connectivity index (χ2n) is 11.1. The van der Waals surface area contributed by atoms with E-state index in [-0.39, 0.29) is 26.4 Å². The molecule has 0 aliphatic carbocycles. The maximum absolute atomic E-state index is 9.54. The van der Waals surface area contributed by atoms with Gasteiger partial charge >= 0.3 is 0 Å². The van der Waals surface area contributed by atoms with Crippen molar-refractivity contribution in [2.24, 2.45) is 0 Å². The Morgan fingerprint density at radius 3 is 0.609 bits per heavy atom. The molecule has 0 unspecified atom stereocenters. The fourth-order valence-electron chi connectivity index (χ4n) is 5.50. The van der Waals surface area contributed by atoms with Crippen molar-refractivity contribution < 1.29 is 20.4 Å². The quantitative estimate of drug-likeness (QED) is 0.118. The van der Waals surface area contributed by atoms with Gasteiger partial charge < -0.3 is 30.2 Å². The topological polar surface area (TPSA) is 87.4 Å². The Hall–Kier alpha value is -5.24. The van der Waals surface area contributed by atoms with Crippen LogP contribution in [0.3, 0.4) is 0 Å². The van der Waals surface area contributed by atoms with Crippen LogP contribution in [-0.4, -0.2) is 20.4 Å². The molecule has 4 N–H and O–H groups in total. The van der Waals surface area contributed by atoms with Crippen LogP contribution in [0.1, 0.15) is 22.3 Å². The first-order valence-corrected chi connectivity index (χ1v) is 15.2. The van der Waals surface area contributed by atoms with E-state index in [0.717, 1.165) is 67.5 Å². The lowest BCUT2D eigenvalue weighted by Gasteiger charge is -2.26. The highest BCUT2D eigenvalue weighted by Crippen LogP contribution is 2.38. The predicted octanol–water partition coefficient (Wildman–Crippen LogP) is 8.26. The van der Waals surface area contributed by atoms with Crippen LogP contribution >= 0.6 is 0 Å². The van der Waals surface area contributed by atoms with E-state index >= 15 is 0 Å². The van der Waals surface area contributed by atoms with Crippen molar-refractivity contribution >= 4 is 34.1 Å². The molecule has 0 aromatic heterocycles. The van der Waals surface area contributed by atoms with Gasteiger partial charge in [-0.15, -0.1) is 0 Å². The van der Waals surface area contributed by atoms with Crippen molar-refractivity contribution in [3.05, 3.63) is 168 Å². The van der Waals surface area contributed by atoms with Crippen molar-refractivity contribution in [3.8, 4) is 11.1 Å². The van der Waals surface area contributed by atoms with E-state index in [1.54, 1.807) is 0 Å². The summed E-state index contributed by atoms with van der Waals surface area (Å²) in [4.78, 5) is 4.30. The van der Waals surface area contributed by atoms with E-state index in [4.69, 9.17) is 0 Å². The van der Waals surface area contributed by atoms with Gasteiger partial charge in [0.25, 0.3) is 0 Å². The summed E-state index contributed by atoms with van der Waals surface area (Å²) in [5.74, 6) is 0. The van der Waals surface area contributed by atoms with E-state index in [9.17, 15) is 20.4 Å². The number of aliphatic hydroxyl groups excluding tert-OH is 4. The minimum atomic E-state index is -0.0112. The summed E-state index contributed by atoms with van der Waals surface area (Å²) in [7, 11) is 0. The molecule has 0 aliphatic heterocycles. The van der Waals surface area contributed by atoms with Crippen LogP contribution in [-0.2, 0) is 26.4 Å². The number of anilines is 6. The largest absolute Gasteiger partial charge is 0.392 e. The van der Waals surface area contributed by atoms with Gasteiger partial charge in [0.05, 0.1) is 26.4 Å². The van der Waals surface area contributed by atoms with Crippen molar-refractivity contribution in [2.75, 3.05) is 9.80 Å². The van der Waals surface area contributed by atoms with E-state index < -0.39 is 0 Å². The Kier molecular flexibility index (Phi) is 9.53. The molecule has 0 aliphatic rings. The molecule has 230 valence electrons. The van der Waals surface area contributed by atoms with Gasteiger partial charge in [-0.25, -0.2) is 0 Å². The molecule has 6 nitrogen and oxygen atoms in total. The average molecular weight is 609 g/mol. The molecule has 0 heterocycles. The van der Waals surface area contributed by atoms with Crippen LogP contribution < -0.4 is 9.80 Å². The maximum atomic E-state index is 9.54. The molecule has 0 saturated carbocycles. The minimum absolute atomic E-state index is 0.0112. The summed E-state index contributed by atoms with van der Waals surface area (Å²) in [5.41, 5.74) is 11.4. The van der Waals surface area contributed by atoms with Crippen molar-refractivity contribution in [3.63, 3.8) is 0 Å². The molecule has 0 radical (unpaired) electrons. The third kappa shape index (κ3) is 6.71. The highest BCUT2D eigenvalue weighted by atomic mass is 16.3. The Labute approximate surface area is 269 Å². The summed E-state index contributed by atoms with van der Waals surface area (Å²) < 4.78 is 0. The highest BCUT2D eigenvalue weighted by molar-refractivity contribution is 5.81. The Morgan fingerprint density at radius 1 is 0.261 bits per heavy atom. The van der Waals surface area contributed by atoms with Crippen molar-refractivity contribution in [2.45, 2.75) is 26.4 Å². The molecule has 6 aromatic rings. The Morgan fingerprint density at radius 2 is 0.435 bits per heavy atom. The number of hydrogen-bond donors (Lipinski definition) is 4. The van der Waals surface area contributed by atoms with Gasteiger partial charge in [0.2, 0.25) is 0 Å². The lowest BCUT2D eigenvalue weighted by atomic mass is 10.0. The van der Waals surface area contributed by atoms with Gasteiger partial charge in [0.15, 0.2) is 0 Å². The molecule has 6 aromatic carbocycles. The van der Waals surface area contributed by atoms with Crippen LogP contribution in [0.25, 0.3) is 11.1 Å². The van der Waals surface area contributed by atoms with Gasteiger partial charge in [-0.1, -0.05) is 72.8 Å². The minimum Gasteiger partial charge on any atom is -0.392 e. The summed E-state index contributed by atoms with van der Waals surface area (Å²) >= 11 is 0. The first kappa shape index (κ1) is 30.8. The molecule has 6 rings (SSSR count). The SMILES string of the molecule is OCc1ccc(N(c2ccc(CO)cc2)c2ccc(-c3ccc(N(c4ccc(CO)cc4)c4ccc(CO)cc4)cc3)cc2)cc1. The summed E-state index contributed by atoms with van der Waals surface area (Å²) in [6.45, 7) is -0.0448. The molecular weight excluding hydrogens is 572 g/mol. The summed E-state index contributed by atoms with van der Waals surface area (Å²) in [5, 5.41) is 38.2. The fraction of sp³-hybridized carbons (Fsp3) is 0.100. The third-order valence-corrected chi connectivity index (χ3v) is 8.09. The molecule has 6 heteroatoms. The molecule has 0 atom stereocenters. The zero-order chi connectivity index (χ0) is 31.9. The molecule has 0 bridgehead atoms. The van der Waals surface area contributed by atoms with Gasteiger partial charge in [0, 0.05) is 34.1 Å².